The van der Waals surface area contributed by atoms with Crippen LogP contribution in [0.2, 0.25) is 0 Å². The molecule has 0 spiro atoms. The number of halogens is 1. The van der Waals surface area contributed by atoms with E-state index in [0.29, 0.717) is 11.7 Å². The predicted octanol–water partition coefficient (Wildman–Crippen LogP) is 4.39. The van der Waals surface area contributed by atoms with Gasteiger partial charge in [0.2, 0.25) is 0 Å². The molecule has 2 rings (SSSR count). The molecule has 5 heteroatoms. The first-order valence-corrected chi connectivity index (χ1v) is 8.55. The van der Waals surface area contributed by atoms with Gasteiger partial charge in [-0.2, -0.15) is 0 Å². The first kappa shape index (κ1) is 15.6. The second-order valence-corrected chi connectivity index (χ2v) is 7.11. The summed E-state index contributed by atoms with van der Waals surface area (Å²) in [4.78, 5) is 10.3. The summed E-state index contributed by atoms with van der Waals surface area (Å²) in [6.07, 6.45) is 0. The first-order valence-electron chi connectivity index (χ1n) is 6.48. The summed E-state index contributed by atoms with van der Waals surface area (Å²) in [5.74, 6) is 2.49. The number of nitrogen functional groups attached to an aromatic ring is 1. The topological polar surface area (TPSA) is 51.8 Å². The average Bonchev–Trinajstić information content (AvgIpc) is 2.41. The standard InChI is InChI=1S/C15H18IN3S/c1-9(2)14-13(16)15(17)19-12(18-14)8-20-11-6-4-10(3)5-7-11/h4-7,9H,8H2,1-3H3,(H2,17,18,19). The molecule has 20 heavy (non-hydrogen) atoms. The molecule has 0 saturated carbocycles. The van der Waals surface area contributed by atoms with Gasteiger partial charge in [0, 0.05) is 4.90 Å². The molecule has 1 aromatic heterocycles. The molecule has 2 N–H and O–H groups in total. The third-order valence-electron chi connectivity index (χ3n) is 2.88. The molecule has 0 aliphatic carbocycles. The van der Waals surface area contributed by atoms with E-state index in [9.17, 15) is 0 Å². The molecule has 0 bridgehead atoms. The molecular weight excluding hydrogens is 381 g/mol. The van der Waals surface area contributed by atoms with Crippen molar-refractivity contribution in [1.82, 2.24) is 9.97 Å². The summed E-state index contributed by atoms with van der Waals surface area (Å²) in [6, 6.07) is 8.48. The first-order chi connectivity index (χ1) is 9.47. The summed E-state index contributed by atoms with van der Waals surface area (Å²) in [7, 11) is 0. The molecule has 0 atom stereocenters. The summed E-state index contributed by atoms with van der Waals surface area (Å²) in [5, 5.41) is 0. The Morgan fingerprint density at radius 1 is 1.20 bits per heavy atom. The lowest BCUT2D eigenvalue weighted by Crippen LogP contribution is -2.07. The van der Waals surface area contributed by atoms with Crippen LogP contribution in [0.25, 0.3) is 0 Å². The monoisotopic (exact) mass is 399 g/mol. The van der Waals surface area contributed by atoms with Crippen molar-refractivity contribution < 1.29 is 0 Å². The van der Waals surface area contributed by atoms with Crippen LogP contribution in [-0.4, -0.2) is 9.97 Å². The molecule has 0 radical (unpaired) electrons. The number of nitrogens with zero attached hydrogens (tertiary/aromatic N) is 2. The highest BCUT2D eigenvalue weighted by Crippen LogP contribution is 2.26. The number of aromatic nitrogens is 2. The van der Waals surface area contributed by atoms with Gasteiger partial charge in [-0.1, -0.05) is 31.5 Å². The van der Waals surface area contributed by atoms with E-state index >= 15 is 0 Å². The van der Waals surface area contributed by atoms with Crippen molar-refractivity contribution in [2.45, 2.75) is 37.3 Å². The molecule has 0 fully saturated rings. The van der Waals surface area contributed by atoms with Gasteiger partial charge < -0.3 is 5.73 Å². The number of nitrogens with two attached hydrogens (primary N) is 1. The van der Waals surface area contributed by atoms with E-state index in [2.05, 4.69) is 77.6 Å². The highest BCUT2D eigenvalue weighted by Gasteiger charge is 2.13. The van der Waals surface area contributed by atoms with Crippen LogP contribution >= 0.6 is 34.4 Å². The van der Waals surface area contributed by atoms with Gasteiger partial charge in [0.05, 0.1) is 15.0 Å². The van der Waals surface area contributed by atoms with Crippen LogP contribution in [0.5, 0.6) is 0 Å². The van der Waals surface area contributed by atoms with E-state index < -0.39 is 0 Å². The minimum Gasteiger partial charge on any atom is -0.383 e. The zero-order valence-corrected chi connectivity index (χ0v) is 14.8. The van der Waals surface area contributed by atoms with Crippen molar-refractivity contribution >= 4 is 40.2 Å². The Kier molecular flexibility index (Phi) is 5.26. The smallest absolute Gasteiger partial charge is 0.141 e. The molecule has 0 aliphatic rings. The maximum Gasteiger partial charge on any atom is 0.141 e. The molecular formula is C15H18IN3S. The van der Waals surface area contributed by atoms with Crippen LogP contribution in [0, 0.1) is 10.5 Å². The van der Waals surface area contributed by atoms with Gasteiger partial charge in [-0.25, -0.2) is 9.97 Å². The minimum absolute atomic E-state index is 0.357. The van der Waals surface area contributed by atoms with Crippen molar-refractivity contribution in [3.05, 3.63) is 44.9 Å². The van der Waals surface area contributed by atoms with Gasteiger partial charge in [-0.05, 0) is 47.6 Å². The molecule has 0 saturated heterocycles. The van der Waals surface area contributed by atoms with E-state index in [-0.39, 0.29) is 0 Å². The number of aryl methyl sites for hydroxylation is 1. The van der Waals surface area contributed by atoms with Crippen LogP contribution < -0.4 is 5.73 Å². The lowest BCUT2D eigenvalue weighted by Gasteiger charge is -2.11. The van der Waals surface area contributed by atoms with Crippen molar-refractivity contribution in [3.63, 3.8) is 0 Å². The number of hydrogen-bond acceptors (Lipinski definition) is 4. The molecule has 2 aromatic rings. The van der Waals surface area contributed by atoms with E-state index in [4.69, 9.17) is 5.73 Å². The lowest BCUT2D eigenvalue weighted by molar-refractivity contribution is 0.793. The normalized spacial score (nSPS) is 11.1. The summed E-state index contributed by atoms with van der Waals surface area (Å²) in [5.41, 5.74) is 8.29. The van der Waals surface area contributed by atoms with Crippen LogP contribution in [0.15, 0.2) is 29.2 Å². The molecule has 1 aromatic carbocycles. The summed E-state index contributed by atoms with van der Waals surface area (Å²) < 4.78 is 0.974. The zero-order valence-electron chi connectivity index (χ0n) is 11.9. The van der Waals surface area contributed by atoms with Gasteiger partial charge in [-0.3, -0.25) is 0 Å². The number of hydrogen-bond donors (Lipinski definition) is 1. The Labute approximate surface area is 137 Å². The Balaban J connectivity index is 2.15. The van der Waals surface area contributed by atoms with Crippen LogP contribution in [0.4, 0.5) is 5.82 Å². The molecule has 0 unspecified atom stereocenters. The molecule has 0 aliphatic heterocycles. The minimum atomic E-state index is 0.357. The highest BCUT2D eigenvalue weighted by atomic mass is 127. The van der Waals surface area contributed by atoms with Gasteiger partial charge in [0.15, 0.2) is 0 Å². The Bertz CT molecular complexity index is 597. The van der Waals surface area contributed by atoms with Gasteiger partial charge in [0.1, 0.15) is 11.6 Å². The highest BCUT2D eigenvalue weighted by molar-refractivity contribution is 14.1. The molecule has 1 heterocycles. The number of anilines is 1. The summed E-state index contributed by atoms with van der Waals surface area (Å²) in [6.45, 7) is 6.34. The average molecular weight is 399 g/mol. The zero-order chi connectivity index (χ0) is 14.7. The van der Waals surface area contributed by atoms with Crippen LogP contribution in [0.1, 0.15) is 36.8 Å². The van der Waals surface area contributed by atoms with Crippen LogP contribution in [0.3, 0.4) is 0 Å². The summed E-state index contributed by atoms with van der Waals surface area (Å²) >= 11 is 3.96. The van der Waals surface area contributed by atoms with Crippen molar-refractivity contribution in [1.29, 1.82) is 0 Å². The van der Waals surface area contributed by atoms with E-state index in [1.54, 1.807) is 11.8 Å². The number of rotatable bonds is 4. The fourth-order valence-corrected chi connectivity index (χ4v) is 3.38. The molecule has 0 amide bonds. The lowest BCUT2D eigenvalue weighted by atomic mass is 10.1. The quantitative estimate of drug-likeness (QED) is 0.612. The van der Waals surface area contributed by atoms with Crippen molar-refractivity contribution in [2.24, 2.45) is 0 Å². The maximum absolute atomic E-state index is 5.98. The van der Waals surface area contributed by atoms with Gasteiger partial charge in [0.25, 0.3) is 0 Å². The Hall–Kier alpha value is -0.820. The molecule has 106 valence electrons. The second-order valence-electron chi connectivity index (χ2n) is 4.98. The van der Waals surface area contributed by atoms with Gasteiger partial charge in [-0.15, -0.1) is 11.8 Å². The Morgan fingerprint density at radius 2 is 1.85 bits per heavy atom. The SMILES string of the molecule is Cc1ccc(SCc2nc(N)c(I)c(C(C)C)n2)cc1. The predicted molar refractivity (Wildman–Crippen MR) is 94.0 cm³/mol. The van der Waals surface area contributed by atoms with E-state index in [1.807, 2.05) is 0 Å². The number of thioether (sulfide) groups is 1. The second kappa shape index (κ2) is 6.76. The third-order valence-corrected chi connectivity index (χ3v) is 5.00. The van der Waals surface area contributed by atoms with E-state index in [1.165, 1.54) is 10.5 Å². The largest absolute Gasteiger partial charge is 0.383 e. The fraction of sp³-hybridized carbons (Fsp3) is 0.333. The number of benzene rings is 1. The third kappa shape index (κ3) is 3.85. The van der Waals surface area contributed by atoms with Gasteiger partial charge >= 0.3 is 0 Å². The van der Waals surface area contributed by atoms with Crippen LogP contribution in [-0.2, 0) is 5.75 Å². The fourth-order valence-electron chi connectivity index (χ4n) is 1.76. The van der Waals surface area contributed by atoms with E-state index in [0.717, 1.165) is 20.8 Å². The van der Waals surface area contributed by atoms with Crippen molar-refractivity contribution in [2.75, 3.05) is 5.73 Å². The molecule has 3 nitrogen and oxygen atoms in total. The maximum atomic E-state index is 5.98. The Morgan fingerprint density at radius 3 is 2.45 bits per heavy atom. The van der Waals surface area contributed by atoms with Crippen molar-refractivity contribution in [3.8, 4) is 0 Å².